The number of benzene rings is 2. The molecule has 0 aliphatic carbocycles. The maximum absolute atomic E-state index is 12.7. The molecule has 3 rings (SSSR count). The predicted molar refractivity (Wildman–Crippen MR) is 130 cm³/mol. The zero-order chi connectivity index (χ0) is 23.5. The molecule has 32 heavy (non-hydrogen) atoms. The number of amides is 2. The van der Waals surface area contributed by atoms with Gasteiger partial charge in [0.05, 0.1) is 10.6 Å². The van der Waals surface area contributed by atoms with Crippen molar-refractivity contribution in [2.24, 2.45) is 5.73 Å². The smallest absolute Gasteiger partial charge is 0.255 e. The summed E-state index contributed by atoms with van der Waals surface area (Å²) in [6.07, 6.45) is 1.34. The summed E-state index contributed by atoms with van der Waals surface area (Å²) < 4.78 is 0. The van der Waals surface area contributed by atoms with E-state index in [1.54, 1.807) is 18.2 Å². The topological polar surface area (TPSA) is 97.1 Å². The van der Waals surface area contributed by atoms with Crippen molar-refractivity contribution in [3.8, 4) is 0 Å². The molecule has 0 spiro atoms. The summed E-state index contributed by atoms with van der Waals surface area (Å²) in [4.78, 5) is 28.1. The van der Waals surface area contributed by atoms with E-state index in [9.17, 15) is 9.59 Å². The van der Waals surface area contributed by atoms with E-state index < -0.39 is 5.91 Å². The number of anilines is 2. The average molecular weight is 471 g/mol. The second-order valence-corrected chi connectivity index (χ2v) is 9.17. The van der Waals surface area contributed by atoms with Gasteiger partial charge in [0.2, 0.25) is 5.91 Å². The van der Waals surface area contributed by atoms with Crippen molar-refractivity contribution in [3.05, 3.63) is 87.0 Å². The molecular formula is C24H24Cl2N4O2. The van der Waals surface area contributed by atoms with Crippen molar-refractivity contribution in [3.63, 3.8) is 0 Å². The Morgan fingerprint density at radius 1 is 0.969 bits per heavy atom. The molecule has 2 aromatic carbocycles. The van der Waals surface area contributed by atoms with Crippen LogP contribution in [-0.4, -0.2) is 16.8 Å². The Morgan fingerprint density at radius 2 is 1.66 bits per heavy atom. The molecule has 2 amide bonds. The van der Waals surface area contributed by atoms with Crippen LogP contribution in [-0.2, 0) is 12.0 Å². The fourth-order valence-corrected chi connectivity index (χ4v) is 3.41. The predicted octanol–water partition coefficient (Wildman–Crippen LogP) is 5.65. The van der Waals surface area contributed by atoms with Gasteiger partial charge < -0.3 is 16.4 Å². The molecular weight excluding hydrogens is 447 g/mol. The number of nitrogens with zero attached hydrogens (tertiary/aromatic N) is 1. The van der Waals surface area contributed by atoms with Crippen LogP contribution in [0.4, 0.5) is 11.5 Å². The van der Waals surface area contributed by atoms with Crippen molar-refractivity contribution in [2.45, 2.75) is 32.7 Å². The number of pyridine rings is 1. The van der Waals surface area contributed by atoms with Gasteiger partial charge in [-0.3, -0.25) is 9.59 Å². The van der Waals surface area contributed by atoms with E-state index in [4.69, 9.17) is 28.9 Å². The van der Waals surface area contributed by atoms with Gasteiger partial charge in [0.25, 0.3) is 5.91 Å². The molecule has 3 aromatic rings. The quantitative estimate of drug-likeness (QED) is 0.433. The SMILES string of the molecule is CC(C)(C)c1ccc(NC(=O)c2ccc(Cl)c(CNc3ncc(C(N)=O)cc3Cl)c2)cc1. The van der Waals surface area contributed by atoms with E-state index in [-0.39, 0.29) is 28.5 Å². The molecule has 0 fully saturated rings. The van der Waals surface area contributed by atoms with E-state index in [0.29, 0.717) is 27.7 Å². The van der Waals surface area contributed by atoms with Crippen molar-refractivity contribution >= 4 is 46.5 Å². The highest BCUT2D eigenvalue weighted by molar-refractivity contribution is 6.33. The van der Waals surface area contributed by atoms with Gasteiger partial charge in [-0.2, -0.15) is 0 Å². The Hall–Kier alpha value is -3.09. The third-order valence-corrected chi connectivity index (χ3v) is 5.55. The molecule has 166 valence electrons. The molecule has 4 N–H and O–H groups in total. The van der Waals surface area contributed by atoms with Gasteiger partial charge in [-0.25, -0.2) is 4.98 Å². The van der Waals surface area contributed by atoms with Crippen LogP contribution in [0.1, 0.15) is 52.6 Å². The minimum absolute atomic E-state index is 0.0402. The number of carbonyl (C=O) groups is 2. The van der Waals surface area contributed by atoms with E-state index >= 15 is 0 Å². The third-order valence-electron chi connectivity index (χ3n) is 4.89. The van der Waals surface area contributed by atoms with E-state index in [1.807, 2.05) is 24.3 Å². The molecule has 0 unspecified atom stereocenters. The zero-order valence-electron chi connectivity index (χ0n) is 18.0. The highest BCUT2D eigenvalue weighted by atomic mass is 35.5. The summed E-state index contributed by atoms with van der Waals surface area (Å²) in [5.74, 6) is -0.476. The zero-order valence-corrected chi connectivity index (χ0v) is 19.5. The van der Waals surface area contributed by atoms with E-state index in [2.05, 4.69) is 36.4 Å². The summed E-state index contributed by atoms with van der Waals surface area (Å²) in [6.45, 7) is 6.69. The highest BCUT2D eigenvalue weighted by Gasteiger charge is 2.14. The minimum atomic E-state index is -0.610. The molecule has 0 bridgehead atoms. The van der Waals surface area contributed by atoms with Crippen LogP contribution in [0, 0.1) is 0 Å². The Bertz CT molecular complexity index is 1160. The van der Waals surface area contributed by atoms with Crippen LogP contribution in [0.15, 0.2) is 54.7 Å². The Kier molecular flexibility index (Phi) is 7.06. The van der Waals surface area contributed by atoms with Crippen LogP contribution < -0.4 is 16.4 Å². The van der Waals surface area contributed by atoms with Crippen LogP contribution in [0.5, 0.6) is 0 Å². The molecule has 0 aliphatic heterocycles. The van der Waals surface area contributed by atoms with Crippen LogP contribution in [0.25, 0.3) is 0 Å². The summed E-state index contributed by atoms with van der Waals surface area (Å²) in [7, 11) is 0. The number of carbonyl (C=O) groups excluding carboxylic acids is 2. The van der Waals surface area contributed by atoms with Gasteiger partial charge in [-0.1, -0.05) is 56.1 Å². The van der Waals surface area contributed by atoms with Gasteiger partial charge in [0, 0.05) is 29.0 Å². The molecule has 0 atom stereocenters. The normalized spacial score (nSPS) is 11.2. The number of aromatic nitrogens is 1. The van der Waals surface area contributed by atoms with Gasteiger partial charge in [0.15, 0.2) is 0 Å². The lowest BCUT2D eigenvalue weighted by molar-refractivity contribution is 0.0997. The van der Waals surface area contributed by atoms with Crippen molar-refractivity contribution in [1.29, 1.82) is 0 Å². The number of primary amides is 1. The first-order valence-electron chi connectivity index (χ1n) is 9.94. The van der Waals surface area contributed by atoms with Crippen LogP contribution in [0.2, 0.25) is 10.0 Å². The average Bonchev–Trinajstić information content (AvgIpc) is 2.73. The second-order valence-electron chi connectivity index (χ2n) is 8.36. The second kappa shape index (κ2) is 9.59. The minimum Gasteiger partial charge on any atom is -0.366 e. The lowest BCUT2D eigenvalue weighted by Crippen LogP contribution is -2.14. The molecule has 8 heteroatoms. The lowest BCUT2D eigenvalue weighted by Gasteiger charge is -2.19. The Morgan fingerprint density at radius 3 is 2.25 bits per heavy atom. The maximum atomic E-state index is 12.7. The Labute approximate surface area is 197 Å². The summed E-state index contributed by atoms with van der Waals surface area (Å²) in [5.41, 5.74) is 8.54. The highest BCUT2D eigenvalue weighted by Crippen LogP contribution is 2.25. The number of halogens is 2. The van der Waals surface area contributed by atoms with Crippen molar-refractivity contribution in [2.75, 3.05) is 10.6 Å². The fraction of sp³-hybridized carbons (Fsp3) is 0.208. The molecule has 1 aromatic heterocycles. The van der Waals surface area contributed by atoms with Crippen LogP contribution in [0.3, 0.4) is 0 Å². The largest absolute Gasteiger partial charge is 0.366 e. The molecule has 0 aliphatic rings. The summed E-state index contributed by atoms with van der Waals surface area (Å²) in [5, 5.41) is 6.71. The third kappa shape index (κ3) is 5.78. The number of hydrogen-bond acceptors (Lipinski definition) is 4. The molecule has 0 radical (unpaired) electrons. The lowest BCUT2D eigenvalue weighted by atomic mass is 9.87. The number of nitrogens with one attached hydrogen (secondary N) is 2. The maximum Gasteiger partial charge on any atom is 0.255 e. The van der Waals surface area contributed by atoms with E-state index in [1.165, 1.54) is 17.8 Å². The fourth-order valence-electron chi connectivity index (χ4n) is 2.99. The Balaban J connectivity index is 1.71. The van der Waals surface area contributed by atoms with Gasteiger partial charge in [-0.15, -0.1) is 0 Å². The van der Waals surface area contributed by atoms with Gasteiger partial charge in [0.1, 0.15) is 5.82 Å². The standard InChI is InChI=1S/C24H24Cl2N4O2/c1-24(2,3)17-5-7-18(8-6-17)30-23(32)14-4-9-19(25)15(10-14)12-28-22-20(26)11-16(13-29-22)21(27)31/h4-11,13H,12H2,1-3H3,(H2,27,31)(H,28,29)(H,30,32). The number of rotatable bonds is 6. The molecule has 1 heterocycles. The number of nitrogens with two attached hydrogens (primary N) is 1. The van der Waals surface area contributed by atoms with E-state index in [0.717, 1.165) is 0 Å². The van der Waals surface area contributed by atoms with Crippen LogP contribution >= 0.6 is 23.2 Å². The van der Waals surface area contributed by atoms with Crippen molar-refractivity contribution < 1.29 is 9.59 Å². The monoisotopic (exact) mass is 470 g/mol. The molecule has 0 saturated carbocycles. The first-order valence-corrected chi connectivity index (χ1v) is 10.7. The summed E-state index contributed by atoms with van der Waals surface area (Å²) in [6, 6.07) is 14.3. The molecule has 6 nitrogen and oxygen atoms in total. The summed E-state index contributed by atoms with van der Waals surface area (Å²) >= 11 is 12.5. The van der Waals surface area contributed by atoms with Crippen molar-refractivity contribution in [1.82, 2.24) is 4.98 Å². The molecule has 0 saturated heterocycles. The van der Waals surface area contributed by atoms with Gasteiger partial charge >= 0.3 is 0 Å². The first-order chi connectivity index (χ1) is 15.0. The first kappa shape index (κ1) is 23.6. The number of hydrogen-bond donors (Lipinski definition) is 3. The van der Waals surface area contributed by atoms with Gasteiger partial charge in [-0.05, 0) is 52.9 Å².